The highest BCUT2D eigenvalue weighted by molar-refractivity contribution is 5.71. The molecule has 144 valence electrons. The Kier molecular flexibility index (Phi) is 21.0. The Bertz CT molecular complexity index is 289. The molecule has 0 aromatic carbocycles. The zero-order valence-corrected chi connectivity index (χ0v) is 16.7. The number of carbonyl (C=O) groups is 2. The van der Waals surface area contributed by atoms with E-state index in [4.69, 9.17) is 0 Å². The summed E-state index contributed by atoms with van der Waals surface area (Å²) in [6.45, 7) is 6.32. The standard InChI is InChI=1S/2C10H20O2/c1-4-5-6-7-8-9(2)10(11)12-3;1-3-4-5-6-7-8-9-10(11)12-2/h9H,4-8H2,1-3H3;3-9H2,1-2H3. The Hall–Kier alpha value is -1.06. The van der Waals surface area contributed by atoms with Gasteiger partial charge >= 0.3 is 11.9 Å². The van der Waals surface area contributed by atoms with Crippen LogP contribution in [0.4, 0.5) is 0 Å². The fourth-order valence-corrected chi connectivity index (χ4v) is 2.35. The van der Waals surface area contributed by atoms with Crippen LogP contribution in [0.5, 0.6) is 0 Å². The minimum Gasteiger partial charge on any atom is -0.469 e. The topological polar surface area (TPSA) is 52.6 Å². The SMILES string of the molecule is CCCCCCC(C)C(=O)OC.CCCCCCCCC(=O)OC. The first-order chi connectivity index (χ1) is 11.5. The van der Waals surface area contributed by atoms with Crippen molar-refractivity contribution in [1.82, 2.24) is 0 Å². The molecule has 0 aliphatic carbocycles. The lowest BCUT2D eigenvalue weighted by molar-refractivity contribution is -0.145. The van der Waals surface area contributed by atoms with Crippen molar-refractivity contribution in [3.05, 3.63) is 0 Å². The molecule has 4 heteroatoms. The quantitative estimate of drug-likeness (QED) is 0.319. The lowest BCUT2D eigenvalue weighted by Gasteiger charge is -2.07. The van der Waals surface area contributed by atoms with Crippen LogP contribution in [0, 0.1) is 5.92 Å². The molecule has 1 unspecified atom stereocenters. The number of unbranched alkanes of at least 4 members (excludes halogenated alkanes) is 8. The monoisotopic (exact) mass is 344 g/mol. The van der Waals surface area contributed by atoms with Crippen LogP contribution in [0.1, 0.15) is 97.8 Å². The predicted molar refractivity (Wildman–Crippen MR) is 99.9 cm³/mol. The summed E-state index contributed by atoms with van der Waals surface area (Å²) in [6.07, 6.45) is 13.7. The van der Waals surface area contributed by atoms with Gasteiger partial charge in [-0.15, -0.1) is 0 Å². The molecule has 0 amide bonds. The highest BCUT2D eigenvalue weighted by Gasteiger charge is 2.11. The van der Waals surface area contributed by atoms with Crippen molar-refractivity contribution in [3.63, 3.8) is 0 Å². The maximum Gasteiger partial charge on any atom is 0.308 e. The Morgan fingerprint density at radius 2 is 1.25 bits per heavy atom. The van der Waals surface area contributed by atoms with Crippen molar-refractivity contribution in [3.8, 4) is 0 Å². The summed E-state index contributed by atoms with van der Waals surface area (Å²) in [4.78, 5) is 21.6. The Morgan fingerprint density at radius 1 is 0.750 bits per heavy atom. The summed E-state index contributed by atoms with van der Waals surface area (Å²) in [5.74, 6) is -0.0798. The summed E-state index contributed by atoms with van der Waals surface area (Å²) in [5.41, 5.74) is 0. The van der Waals surface area contributed by atoms with Gasteiger partial charge in [0, 0.05) is 6.42 Å². The van der Waals surface area contributed by atoms with Crippen LogP contribution in [0.3, 0.4) is 0 Å². The van der Waals surface area contributed by atoms with Crippen LogP contribution in [-0.2, 0) is 19.1 Å². The second-order valence-corrected chi connectivity index (χ2v) is 6.37. The van der Waals surface area contributed by atoms with Gasteiger partial charge in [-0.25, -0.2) is 0 Å². The number of hydrogen-bond donors (Lipinski definition) is 0. The van der Waals surface area contributed by atoms with Gasteiger partial charge in [-0.2, -0.15) is 0 Å². The van der Waals surface area contributed by atoms with E-state index in [0.29, 0.717) is 6.42 Å². The van der Waals surface area contributed by atoms with Crippen molar-refractivity contribution >= 4 is 11.9 Å². The molecule has 0 aromatic rings. The third-order valence-corrected chi connectivity index (χ3v) is 4.06. The average molecular weight is 345 g/mol. The van der Waals surface area contributed by atoms with E-state index >= 15 is 0 Å². The lowest BCUT2D eigenvalue weighted by Crippen LogP contribution is -2.12. The number of methoxy groups -OCH3 is 2. The van der Waals surface area contributed by atoms with Crippen molar-refractivity contribution in [2.75, 3.05) is 14.2 Å². The van der Waals surface area contributed by atoms with E-state index < -0.39 is 0 Å². The summed E-state index contributed by atoms with van der Waals surface area (Å²) < 4.78 is 9.17. The fourth-order valence-electron chi connectivity index (χ4n) is 2.35. The summed E-state index contributed by atoms with van der Waals surface area (Å²) in [5, 5.41) is 0. The molecule has 0 fully saturated rings. The van der Waals surface area contributed by atoms with E-state index in [9.17, 15) is 9.59 Å². The minimum absolute atomic E-state index is 0.0758. The van der Waals surface area contributed by atoms with Gasteiger partial charge in [-0.1, -0.05) is 78.6 Å². The number of hydrogen-bond acceptors (Lipinski definition) is 4. The molecule has 0 saturated heterocycles. The molecule has 0 aliphatic heterocycles. The maximum atomic E-state index is 11.0. The zero-order valence-electron chi connectivity index (χ0n) is 16.7. The minimum atomic E-state index is -0.0782. The van der Waals surface area contributed by atoms with Gasteiger partial charge in [-0.3, -0.25) is 9.59 Å². The van der Waals surface area contributed by atoms with E-state index in [0.717, 1.165) is 25.7 Å². The molecule has 0 aliphatic rings. The highest BCUT2D eigenvalue weighted by atomic mass is 16.5. The Balaban J connectivity index is 0. The largest absolute Gasteiger partial charge is 0.469 e. The first-order valence-corrected chi connectivity index (χ1v) is 9.68. The first kappa shape index (κ1) is 25.2. The molecular weight excluding hydrogens is 304 g/mol. The van der Waals surface area contributed by atoms with E-state index in [1.54, 1.807) is 0 Å². The van der Waals surface area contributed by atoms with Crippen molar-refractivity contribution in [2.24, 2.45) is 5.92 Å². The summed E-state index contributed by atoms with van der Waals surface area (Å²) >= 11 is 0. The van der Waals surface area contributed by atoms with Crippen molar-refractivity contribution in [2.45, 2.75) is 97.8 Å². The van der Waals surface area contributed by atoms with Crippen LogP contribution in [0.25, 0.3) is 0 Å². The molecule has 4 nitrogen and oxygen atoms in total. The van der Waals surface area contributed by atoms with E-state index in [2.05, 4.69) is 23.3 Å². The zero-order chi connectivity index (χ0) is 18.6. The molecule has 0 N–H and O–H groups in total. The third-order valence-electron chi connectivity index (χ3n) is 4.06. The molecule has 0 heterocycles. The fraction of sp³-hybridized carbons (Fsp3) is 0.900. The number of esters is 2. The van der Waals surface area contributed by atoms with Gasteiger partial charge in [0.05, 0.1) is 20.1 Å². The van der Waals surface area contributed by atoms with E-state index in [1.165, 1.54) is 59.2 Å². The van der Waals surface area contributed by atoms with Gasteiger partial charge in [0.1, 0.15) is 0 Å². The van der Waals surface area contributed by atoms with E-state index in [1.807, 2.05) is 6.92 Å². The summed E-state index contributed by atoms with van der Waals surface area (Å²) in [6, 6.07) is 0. The molecule has 0 rings (SSSR count). The van der Waals surface area contributed by atoms with Crippen LogP contribution in [0.15, 0.2) is 0 Å². The van der Waals surface area contributed by atoms with Crippen LogP contribution in [0.2, 0.25) is 0 Å². The molecular formula is C20H40O4. The number of ether oxygens (including phenoxy) is 2. The van der Waals surface area contributed by atoms with E-state index in [-0.39, 0.29) is 17.9 Å². The van der Waals surface area contributed by atoms with Gasteiger partial charge in [0.2, 0.25) is 0 Å². The van der Waals surface area contributed by atoms with Crippen LogP contribution < -0.4 is 0 Å². The lowest BCUT2D eigenvalue weighted by atomic mass is 10.0. The van der Waals surface area contributed by atoms with Crippen LogP contribution >= 0.6 is 0 Å². The molecule has 0 spiro atoms. The number of carbonyl (C=O) groups excluding carboxylic acids is 2. The average Bonchev–Trinajstić information content (AvgIpc) is 2.61. The normalized spacial score (nSPS) is 11.2. The van der Waals surface area contributed by atoms with Gasteiger partial charge in [0.25, 0.3) is 0 Å². The Labute approximate surface area is 149 Å². The predicted octanol–water partition coefficient (Wildman–Crippen LogP) is 5.68. The second-order valence-electron chi connectivity index (χ2n) is 6.37. The maximum absolute atomic E-state index is 11.0. The van der Waals surface area contributed by atoms with Crippen LogP contribution in [-0.4, -0.2) is 26.2 Å². The third kappa shape index (κ3) is 19.0. The molecule has 0 bridgehead atoms. The second kappa shape index (κ2) is 20.0. The molecule has 1 atom stereocenters. The number of rotatable bonds is 13. The Morgan fingerprint density at radius 3 is 1.75 bits per heavy atom. The first-order valence-electron chi connectivity index (χ1n) is 9.68. The highest BCUT2D eigenvalue weighted by Crippen LogP contribution is 2.11. The van der Waals surface area contributed by atoms with Gasteiger partial charge in [-0.05, 0) is 12.8 Å². The molecule has 0 radical (unpaired) electrons. The molecule has 0 aromatic heterocycles. The molecule has 0 saturated carbocycles. The van der Waals surface area contributed by atoms with Gasteiger partial charge in [0.15, 0.2) is 0 Å². The van der Waals surface area contributed by atoms with Crippen molar-refractivity contribution < 1.29 is 19.1 Å². The van der Waals surface area contributed by atoms with Crippen molar-refractivity contribution in [1.29, 1.82) is 0 Å². The summed E-state index contributed by atoms with van der Waals surface area (Å²) in [7, 11) is 2.89. The van der Waals surface area contributed by atoms with Gasteiger partial charge < -0.3 is 9.47 Å². The molecule has 24 heavy (non-hydrogen) atoms. The smallest absolute Gasteiger partial charge is 0.308 e.